The van der Waals surface area contributed by atoms with Gasteiger partial charge >= 0.3 is 0 Å². The highest BCUT2D eigenvalue weighted by Gasteiger charge is 2.31. The summed E-state index contributed by atoms with van der Waals surface area (Å²) < 4.78 is 8.85. The lowest BCUT2D eigenvalue weighted by atomic mass is 9.85. The molecule has 1 aliphatic heterocycles. The van der Waals surface area contributed by atoms with Gasteiger partial charge in [-0.25, -0.2) is 4.98 Å². The molecule has 61 heavy (non-hydrogen) atoms. The lowest BCUT2D eigenvalue weighted by Crippen LogP contribution is -2.25. The SMILES string of the molecule is C1=CC2=C(CC1)Oc1ccc(C3C=Cc4c(c5c6ccccc6ccc5n4-c4nc(-c5ccccc5)nc(-c5ccc(-c6ccccc6)cc5)n4)C3)cc1N2c1ccccc1. The molecule has 6 nitrogen and oxygen atoms in total. The number of hydrogen-bond acceptors (Lipinski definition) is 5. The summed E-state index contributed by atoms with van der Waals surface area (Å²) in [6, 6.07) is 59.7. The van der Waals surface area contributed by atoms with Crippen LogP contribution in [0.4, 0.5) is 11.4 Å². The minimum atomic E-state index is 0.127. The summed E-state index contributed by atoms with van der Waals surface area (Å²) in [7, 11) is 0. The Bertz CT molecular complexity index is 3240. The van der Waals surface area contributed by atoms with Crippen LogP contribution in [0, 0.1) is 0 Å². The van der Waals surface area contributed by atoms with Crippen LogP contribution in [0.15, 0.2) is 200 Å². The van der Waals surface area contributed by atoms with Gasteiger partial charge in [-0.3, -0.25) is 4.57 Å². The van der Waals surface area contributed by atoms with Crippen LogP contribution in [0.5, 0.6) is 5.75 Å². The monoisotopic (exact) mass is 785 g/mol. The quantitative estimate of drug-likeness (QED) is 0.168. The molecule has 0 amide bonds. The molecule has 0 bridgehead atoms. The number of allylic oxidation sites excluding steroid dienone is 4. The van der Waals surface area contributed by atoms with E-state index in [0.717, 1.165) is 75.7 Å². The van der Waals surface area contributed by atoms with Gasteiger partial charge in [0.25, 0.3) is 0 Å². The number of hydrogen-bond donors (Lipinski definition) is 0. The zero-order valence-corrected chi connectivity index (χ0v) is 33.3. The molecule has 6 heteroatoms. The maximum atomic E-state index is 6.60. The third kappa shape index (κ3) is 6.06. The molecular weight excluding hydrogens is 747 g/mol. The summed E-state index contributed by atoms with van der Waals surface area (Å²) in [5, 5.41) is 3.65. The van der Waals surface area contributed by atoms with E-state index >= 15 is 0 Å². The van der Waals surface area contributed by atoms with Gasteiger partial charge < -0.3 is 9.64 Å². The highest BCUT2D eigenvalue weighted by Crippen LogP contribution is 2.48. The van der Waals surface area contributed by atoms with E-state index in [2.05, 4.69) is 179 Å². The fourth-order valence-corrected chi connectivity index (χ4v) is 9.31. The molecule has 3 heterocycles. The molecule has 2 aliphatic carbocycles. The molecule has 7 aromatic carbocycles. The molecule has 9 aromatic rings. The van der Waals surface area contributed by atoms with Crippen LogP contribution in [0.2, 0.25) is 0 Å². The molecule has 0 saturated heterocycles. The van der Waals surface area contributed by atoms with Crippen LogP contribution in [0.1, 0.15) is 35.6 Å². The summed E-state index contributed by atoms with van der Waals surface area (Å²) in [5.74, 6) is 3.89. The van der Waals surface area contributed by atoms with E-state index in [1.165, 1.54) is 32.8 Å². The van der Waals surface area contributed by atoms with E-state index < -0.39 is 0 Å². The van der Waals surface area contributed by atoms with E-state index in [1.54, 1.807) is 0 Å². The highest BCUT2D eigenvalue weighted by molar-refractivity contribution is 6.10. The number of benzene rings is 7. The Morgan fingerprint density at radius 3 is 2.05 bits per heavy atom. The van der Waals surface area contributed by atoms with Crippen molar-refractivity contribution in [1.82, 2.24) is 19.5 Å². The molecule has 0 spiro atoms. The van der Waals surface area contributed by atoms with Crippen molar-refractivity contribution in [2.75, 3.05) is 4.90 Å². The van der Waals surface area contributed by atoms with E-state index in [9.17, 15) is 0 Å². The van der Waals surface area contributed by atoms with Gasteiger partial charge in [0.2, 0.25) is 5.95 Å². The van der Waals surface area contributed by atoms with Crippen molar-refractivity contribution in [3.63, 3.8) is 0 Å². The Morgan fingerprint density at radius 2 is 1.26 bits per heavy atom. The van der Waals surface area contributed by atoms with Gasteiger partial charge in [0.15, 0.2) is 17.4 Å². The zero-order valence-electron chi connectivity index (χ0n) is 33.3. The van der Waals surface area contributed by atoms with Crippen LogP contribution in [0.3, 0.4) is 0 Å². The number of aromatic nitrogens is 4. The van der Waals surface area contributed by atoms with Gasteiger partial charge in [-0.15, -0.1) is 0 Å². The summed E-state index contributed by atoms with van der Waals surface area (Å²) in [6.45, 7) is 0. The second-order valence-electron chi connectivity index (χ2n) is 15.9. The van der Waals surface area contributed by atoms with E-state index in [4.69, 9.17) is 19.7 Å². The standard InChI is InChI=1S/C55H39N5O/c1-4-14-36(15-5-1)37-24-26-40(27-25-37)54-56-53(39-17-6-2-7-18-39)57-55(58-54)60-46-31-29-41(34-45(46)52-44-21-11-10-16-38(44)28-32-48(52)60)42-30-33-51-49(35-42)59(43-19-8-3-9-20-43)47-22-12-13-23-50(47)61-51/h1-12,14-22,24-33,35,41H,13,23,34H2. The first-order valence-corrected chi connectivity index (χ1v) is 21.0. The van der Waals surface area contributed by atoms with Gasteiger partial charge in [0.1, 0.15) is 5.76 Å². The van der Waals surface area contributed by atoms with Crippen LogP contribution in [0.25, 0.3) is 67.6 Å². The Hall–Kier alpha value is -7.83. The van der Waals surface area contributed by atoms with E-state index in [0.29, 0.717) is 17.6 Å². The Kier molecular flexibility index (Phi) is 8.33. The maximum Gasteiger partial charge on any atom is 0.238 e. The first kappa shape index (κ1) is 35.1. The van der Waals surface area contributed by atoms with Crippen molar-refractivity contribution in [1.29, 1.82) is 0 Å². The van der Waals surface area contributed by atoms with Gasteiger partial charge in [-0.1, -0.05) is 152 Å². The summed E-state index contributed by atoms with van der Waals surface area (Å²) in [5.41, 5.74) is 12.2. The average Bonchev–Trinajstić information content (AvgIpc) is 3.68. The van der Waals surface area contributed by atoms with Gasteiger partial charge in [-0.2, -0.15) is 9.97 Å². The van der Waals surface area contributed by atoms with Gasteiger partial charge in [-0.05, 0) is 88.4 Å². The summed E-state index contributed by atoms with van der Waals surface area (Å²) in [4.78, 5) is 18.0. The summed E-state index contributed by atoms with van der Waals surface area (Å²) >= 11 is 0. The molecule has 2 aromatic heterocycles. The molecule has 0 saturated carbocycles. The van der Waals surface area contributed by atoms with Gasteiger partial charge in [0.05, 0.1) is 22.6 Å². The first-order valence-electron chi connectivity index (χ1n) is 21.0. The van der Waals surface area contributed by atoms with Crippen LogP contribution in [-0.4, -0.2) is 19.5 Å². The molecule has 1 atom stereocenters. The third-order valence-corrected chi connectivity index (χ3v) is 12.3. The van der Waals surface area contributed by atoms with E-state index in [-0.39, 0.29) is 5.92 Å². The number of rotatable bonds is 6. The Morgan fingerprint density at radius 1 is 0.590 bits per heavy atom. The number of ether oxygens (including phenoxy) is 1. The molecule has 0 N–H and O–H groups in total. The lowest BCUT2D eigenvalue weighted by Gasteiger charge is -2.36. The third-order valence-electron chi connectivity index (χ3n) is 12.3. The largest absolute Gasteiger partial charge is 0.457 e. The van der Waals surface area contributed by atoms with Crippen molar-refractivity contribution in [2.45, 2.75) is 25.2 Å². The maximum absolute atomic E-state index is 6.60. The molecule has 290 valence electrons. The smallest absolute Gasteiger partial charge is 0.238 e. The van der Waals surface area contributed by atoms with Crippen molar-refractivity contribution < 1.29 is 4.74 Å². The molecule has 0 radical (unpaired) electrons. The van der Waals surface area contributed by atoms with Crippen molar-refractivity contribution >= 4 is 39.1 Å². The molecular formula is C55H39N5O. The van der Waals surface area contributed by atoms with Crippen molar-refractivity contribution in [3.8, 4) is 45.6 Å². The average molecular weight is 786 g/mol. The van der Waals surface area contributed by atoms with Crippen molar-refractivity contribution in [2.24, 2.45) is 0 Å². The highest BCUT2D eigenvalue weighted by atomic mass is 16.5. The van der Waals surface area contributed by atoms with Gasteiger partial charge in [0, 0.05) is 34.5 Å². The minimum Gasteiger partial charge on any atom is -0.457 e. The number of para-hydroxylation sites is 1. The van der Waals surface area contributed by atoms with Crippen LogP contribution >= 0.6 is 0 Å². The molecule has 0 fully saturated rings. The molecule has 3 aliphatic rings. The number of nitrogens with zero attached hydrogens (tertiary/aromatic N) is 5. The normalized spacial score (nSPS) is 15.4. The predicted molar refractivity (Wildman–Crippen MR) is 247 cm³/mol. The number of anilines is 2. The van der Waals surface area contributed by atoms with Crippen molar-refractivity contribution in [3.05, 3.63) is 216 Å². The Labute approximate surface area is 354 Å². The minimum absolute atomic E-state index is 0.127. The Balaban J connectivity index is 1.01. The van der Waals surface area contributed by atoms with Crippen LogP contribution in [-0.2, 0) is 6.42 Å². The second kappa shape index (κ2) is 14.5. The van der Waals surface area contributed by atoms with E-state index in [1.807, 2.05) is 24.3 Å². The zero-order chi connectivity index (χ0) is 40.3. The first-order chi connectivity index (χ1) is 30.2. The molecule has 12 rings (SSSR count). The number of fused-ring (bicyclic) bond motifs is 6. The fraction of sp³-hybridized carbons (Fsp3) is 0.0727. The topological polar surface area (TPSA) is 56.1 Å². The molecule has 1 unspecified atom stereocenters. The fourth-order valence-electron chi connectivity index (χ4n) is 9.31. The predicted octanol–water partition coefficient (Wildman–Crippen LogP) is 13.4. The van der Waals surface area contributed by atoms with Crippen LogP contribution < -0.4 is 9.64 Å². The summed E-state index contributed by atoms with van der Waals surface area (Å²) in [6.07, 6.45) is 11.8. The lowest BCUT2D eigenvalue weighted by molar-refractivity contribution is 0.388. The second-order valence-corrected chi connectivity index (χ2v) is 15.9.